The normalized spacial score (nSPS) is 42.9. The maximum Gasteiger partial charge on any atom is 0.316 e. The third-order valence-electron chi connectivity index (χ3n) is 13.0. The van der Waals surface area contributed by atoms with Gasteiger partial charge in [0, 0.05) is 32.1 Å². The summed E-state index contributed by atoms with van der Waals surface area (Å²) >= 11 is 0. The van der Waals surface area contributed by atoms with Crippen molar-refractivity contribution in [1.82, 2.24) is 0 Å². The van der Waals surface area contributed by atoms with E-state index >= 15 is 0 Å². The third kappa shape index (κ3) is 4.57. The van der Waals surface area contributed by atoms with Gasteiger partial charge in [0.1, 0.15) is 18.1 Å². The average Bonchev–Trinajstić information content (AvgIpc) is 2.88. The Morgan fingerprint density at radius 3 is 1.95 bits per heavy atom. The van der Waals surface area contributed by atoms with Crippen LogP contribution in [-0.2, 0) is 38.2 Å². The van der Waals surface area contributed by atoms with Crippen molar-refractivity contribution in [3.8, 4) is 0 Å². The lowest BCUT2D eigenvalue weighted by molar-refractivity contribution is -0.251. The predicted molar refractivity (Wildman–Crippen MR) is 151 cm³/mol. The highest BCUT2D eigenvalue weighted by molar-refractivity contribution is 6.37. The number of ether oxygens (including phenoxy) is 3. The molecule has 4 aliphatic rings. The van der Waals surface area contributed by atoms with Crippen LogP contribution >= 0.6 is 0 Å². The van der Waals surface area contributed by atoms with Crippen LogP contribution in [0.5, 0.6) is 0 Å². The summed E-state index contributed by atoms with van der Waals surface area (Å²) < 4.78 is 16.5. The Kier molecular flexibility index (Phi) is 8.10. The Hall–Kier alpha value is -2.25. The molecule has 0 aromatic carbocycles. The molecule has 4 aliphatic carbocycles. The van der Waals surface area contributed by atoms with E-state index in [9.17, 15) is 24.0 Å². The highest BCUT2D eigenvalue weighted by Crippen LogP contribution is 2.75. The first-order valence-electron chi connectivity index (χ1n) is 15.4. The fourth-order valence-electron chi connectivity index (χ4n) is 10.9. The number of ketones is 2. The zero-order chi connectivity index (χ0) is 30.8. The minimum absolute atomic E-state index is 0.0236. The van der Waals surface area contributed by atoms with E-state index < -0.39 is 34.8 Å². The Morgan fingerprint density at radius 2 is 1.39 bits per heavy atom. The predicted octanol–water partition coefficient (Wildman–Crippen LogP) is 5.48. The summed E-state index contributed by atoms with van der Waals surface area (Å²) in [5.41, 5.74) is -1.98. The van der Waals surface area contributed by atoms with Gasteiger partial charge in [-0.2, -0.15) is 0 Å². The van der Waals surface area contributed by atoms with Crippen LogP contribution in [0.15, 0.2) is 0 Å². The smallest absolute Gasteiger partial charge is 0.316 e. The first-order valence-corrected chi connectivity index (χ1v) is 15.4. The number of carbonyl (C=O) groups is 5. The zero-order valence-electron chi connectivity index (χ0n) is 26.5. The number of Topliss-reactive ketones (excluding diaryl/α,β-unsaturated/α-hetero) is 2. The van der Waals surface area contributed by atoms with E-state index in [-0.39, 0.29) is 46.3 Å². The van der Waals surface area contributed by atoms with Crippen LogP contribution in [0.4, 0.5) is 0 Å². The lowest BCUT2D eigenvalue weighted by Crippen LogP contribution is -2.68. The van der Waals surface area contributed by atoms with Crippen LogP contribution < -0.4 is 0 Å². The Morgan fingerprint density at radius 1 is 0.732 bits per heavy atom. The summed E-state index contributed by atoms with van der Waals surface area (Å²) in [7, 11) is 1.29. The van der Waals surface area contributed by atoms with Gasteiger partial charge < -0.3 is 14.2 Å². The van der Waals surface area contributed by atoms with Gasteiger partial charge in [0.15, 0.2) is 5.78 Å². The Balaban J connectivity index is 1.78. The van der Waals surface area contributed by atoms with Crippen molar-refractivity contribution < 1.29 is 38.2 Å². The van der Waals surface area contributed by atoms with Crippen molar-refractivity contribution in [3.05, 3.63) is 0 Å². The molecule has 0 aromatic heterocycles. The number of rotatable bonds is 6. The Labute approximate surface area is 245 Å². The van der Waals surface area contributed by atoms with Crippen molar-refractivity contribution >= 4 is 29.5 Å². The average molecular weight is 575 g/mol. The molecule has 4 saturated carbocycles. The van der Waals surface area contributed by atoms with Gasteiger partial charge >= 0.3 is 17.9 Å². The molecule has 8 nitrogen and oxygen atoms in total. The van der Waals surface area contributed by atoms with E-state index in [1.807, 2.05) is 0 Å². The number of hydrogen-bond acceptors (Lipinski definition) is 8. The monoisotopic (exact) mass is 574 g/mol. The summed E-state index contributed by atoms with van der Waals surface area (Å²) in [6.07, 6.45) is 6.19. The van der Waals surface area contributed by atoms with Gasteiger partial charge in [-0.1, -0.05) is 34.6 Å². The number of hydrogen-bond donors (Lipinski definition) is 0. The molecule has 0 aromatic rings. The minimum Gasteiger partial charge on any atom is -0.468 e. The van der Waals surface area contributed by atoms with Gasteiger partial charge in [0.2, 0.25) is 5.78 Å². The number of carbonyl (C=O) groups excluding carboxylic acids is 5. The van der Waals surface area contributed by atoms with Crippen LogP contribution in [0.1, 0.15) is 107 Å². The SMILES string of the molecule is COC(=O)[C@]1(COC(C)=O)CC[C@]2(C)C(CCC3[C@@]4(C)CCC(OC(C)=O)C(C)(C)C4CC[C@]32C)C1C(=O)C(C)=O. The Bertz CT molecular complexity index is 1130. The molecule has 0 bridgehead atoms. The summed E-state index contributed by atoms with van der Waals surface area (Å²) in [4.78, 5) is 63.8. The lowest BCUT2D eigenvalue weighted by atomic mass is 9.32. The van der Waals surface area contributed by atoms with Gasteiger partial charge in [-0.25, -0.2) is 0 Å². The molecule has 9 atom stereocenters. The van der Waals surface area contributed by atoms with Crippen molar-refractivity contribution in [2.75, 3.05) is 13.7 Å². The maximum atomic E-state index is 13.8. The molecule has 0 spiro atoms. The first-order chi connectivity index (χ1) is 18.9. The molecule has 8 heteroatoms. The molecule has 0 amide bonds. The first kappa shape index (κ1) is 31.7. The summed E-state index contributed by atoms with van der Waals surface area (Å²) in [6.45, 7) is 15.4. The van der Waals surface area contributed by atoms with Crippen LogP contribution in [0.25, 0.3) is 0 Å². The van der Waals surface area contributed by atoms with Gasteiger partial charge in [-0.05, 0) is 85.4 Å². The molecule has 0 radical (unpaired) electrons. The van der Waals surface area contributed by atoms with E-state index in [0.717, 1.165) is 32.1 Å². The van der Waals surface area contributed by atoms with Crippen molar-refractivity contribution in [1.29, 1.82) is 0 Å². The van der Waals surface area contributed by atoms with Gasteiger partial charge in [0.25, 0.3) is 0 Å². The van der Waals surface area contributed by atoms with E-state index in [2.05, 4.69) is 34.6 Å². The van der Waals surface area contributed by atoms with Crippen LogP contribution in [0.2, 0.25) is 0 Å². The van der Waals surface area contributed by atoms with Gasteiger partial charge in [0.05, 0.1) is 7.11 Å². The van der Waals surface area contributed by atoms with E-state index in [0.29, 0.717) is 31.1 Å². The largest absolute Gasteiger partial charge is 0.468 e. The van der Waals surface area contributed by atoms with Crippen LogP contribution in [0.3, 0.4) is 0 Å². The lowest BCUT2D eigenvalue weighted by Gasteiger charge is -2.72. The number of esters is 3. The van der Waals surface area contributed by atoms with Crippen molar-refractivity contribution in [3.63, 3.8) is 0 Å². The molecular formula is C33H50O8. The topological polar surface area (TPSA) is 113 Å². The summed E-state index contributed by atoms with van der Waals surface area (Å²) in [5, 5.41) is 0. The summed E-state index contributed by atoms with van der Waals surface area (Å²) in [6, 6.07) is 0. The maximum absolute atomic E-state index is 13.8. The quantitative estimate of drug-likeness (QED) is 0.233. The number of methoxy groups -OCH3 is 1. The van der Waals surface area contributed by atoms with Crippen LogP contribution in [-0.4, -0.2) is 49.3 Å². The second-order valence-electron chi connectivity index (χ2n) is 15.0. The number of fused-ring (bicyclic) bond motifs is 5. The van der Waals surface area contributed by atoms with Gasteiger partial charge in [-0.15, -0.1) is 0 Å². The standard InChI is InChI=1S/C33H50O8/c1-19(34)27(37)26-22-10-11-24-30(6)14-13-25(41-21(3)36)29(4,5)23(30)12-15-32(24,8)31(22,7)16-17-33(26,28(38)39-9)18-40-20(2)35/h22-26H,10-18H2,1-9H3/t22?,23?,24?,25?,26?,30-,31+,32+,33-/m0/s1. The van der Waals surface area contributed by atoms with E-state index in [4.69, 9.17) is 14.2 Å². The second-order valence-corrected chi connectivity index (χ2v) is 15.0. The van der Waals surface area contributed by atoms with Crippen LogP contribution in [0, 0.1) is 50.7 Å². The van der Waals surface area contributed by atoms with Crippen molar-refractivity contribution in [2.24, 2.45) is 50.7 Å². The molecule has 41 heavy (non-hydrogen) atoms. The fraction of sp³-hybridized carbons (Fsp3) is 0.848. The molecule has 230 valence electrons. The molecular weight excluding hydrogens is 524 g/mol. The highest BCUT2D eigenvalue weighted by Gasteiger charge is 2.72. The fourth-order valence-corrected chi connectivity index (χ4v) is 10.9. The summed E-state index contributed by atoms with van der Waals surface area (Å²) in [5.74, 6) is -2.89. The molecule has 0 aliphatic heterocycles. The molecule has 0 N–H and O–H groups in total. The molecule has 0 saturated heterocycles. The second kappa shape index (κ2) is 10.5. The van der Waals surface area contributed by atoms with E-state index in [1.165, 1.54) is 27.9 Å². The third-order valence-corrected chi connectivity index (χ3v) is 13.0. The zero-order valence-corrected chi connectivity index (χ0v) is 26.5. The molecule has 4 rings (SSSR count). The molecule has 4 fully saturated rings. The van der Waals surface area contributed by atoms with Gasteiger partial charge in [-0.3, -0.25) is 24.0 Å². The molecule has 5 unspecified atom stereocenters. The highest BCUT2D eigenvalue weighted by atomic mass is 16.6. The van der Waals surface area contributed by atoms with Crippen molar-refractivity contribution in [2.45, 2.75) is 113 Å². The minimum atomic E-state index is -1.39. The van der Waals surface area contributed by atoms with E-state index in [1.54, 1.807) is 0 Å². The molecule has 0 heterocycles.